The second-order valence-electron chi connectivity index (χ2n) is 3.55. The third kappa shape index (κ3) is 4.65. The summed E-state index contributed by atoms with van der Waals surface area (Å²) < 4.78 is 0. The smallest absolute Gasteiger partial charge is 0.336 e. The van der Waals surface area contributed by atoms with E-state index in [1.807, 2.05) is 6.92 Å². The van der Waals surface area contributed by atoms with E-state index >= 15 is 0 Å². The van der Waals surface area contributed by atoms with Gasteiger partial charge in [-0.2, -0.15) is 0 Å². The molecule has 1 aromatic carbocycles. The number of rotatable bonds is 5. The molecule has 1 rings (SSSR count). The first-order valence-corrected chi connectivity index (χ1v) is 5.17. The molecule has 0 fully saturated rings. The van der Waals surface area contributed by atoms with E-state index in [1.165, 1.54) is 6.07 Å². The minimum atomic E-state index is -0.985. The zero-order valence-corrected chi connectivity index (χ0v) is 12.9. The molecule has 1 unspecified atom stereocenters. The number of aliphatic hydroxyl groups is 1. The number of hydrogen-bond donors (Lipinski definition) is 2. The van der Waals surface area contributed by atoms with E-state index in [2.05, 4.69) is 0 Å². The number of aromatic carboxylic acids is 1. The average Bonchev–Trinajstić information content (AvgIpc) is 2.25. The second-order valence-corrected chi connectivity index (χ2v) is 3.55. The number of aliphatic hydroxyl groups excluding tert-OH is 1. The van der Waals surface area contributed by atoms with Crippen LogP contribution in [0.15, 0.2) is 24.3 Å². The molecule has 0 saturated heterocycles. The maximum atomic E-state index is 10.9. The molecule has 4 heteroatoms. The van der Waals surface area contributed by atoms with Gasteiger partial charge in [0.2, 0.25) is 0 Å². The van der Waals surface area contributed by atoms with Crippen molar-refractivity contribution >= 4 is 57.4 Å². The molecule has 0 bridgehead atoms. The summed E-state index contributed by atoms with van der Waals surface area (Å²) in [4.78, 5) is 10.9. The number of carboxylic acid groups (broad SMARTS) is 1. The van der Waals surface area contributed by atoms with Gasteiger partial charge in [0.05, 0.1) is 11.7 Å². The van der Waals surface area contributed by atoms with Crippen LogP contribution < -0.4 is 0 Å². The molecule has 0 aliphatic rings. The Bertz CT molecular complexity index is 339. The van der Waals surface area contributed by atoms with E-state index in [1.54, 1.807) is 18.2 Å². The van der Waals surface area contributed by atoms with Crippen molar-refractivity contribution in [3.8, 4) is 0 Å². The average molecular weight is 247 g/mol. The molecule has 0 aliphatic heterocycles. The Hall–Kier alpha value is 0.286. The number of benzene rings is 1. The van der Waals surface area contributed by atoms with E-state index in [0.29, 0.717) is 12.0 Å². The molecule has 0 spiro atoms. The van der Waals surface area contributed by atoms with Gasteiger partial charge < -0.3 is 10.2 Å². The predicted molar refractivity (Wildman–Crippen MR) is 63.6 cm³/mol. The molecule has 1 aromatic rings. The van der Waals surface area contributed by atoms with Gasteiger partial charge in [0.1, 0.15) is 0 Å². The first-order valence-electron chi connectivity index (χ1n) is 5.17. The van der Waals surface area contributed by atoms with Crippen LogP contribution in [0.25, 0.3) is 0 Å². The first kappa shape index (κ1) is 16.3. The Labute approximate surface area is 138 Å². The molecule has 0 amide bonds. The topological polar surface area (TPSA) is 57.5 Å². The fourth-order valence-electron chi connectivity index (χ4n) is 1.54. The summed E-state index contributed by atoms with van der Waals surface area (Å²) >= 11 is 0. The van der Waals surface area contributed by atoms with E-state index in [0.717, 1.165) is 12.8 Å². The van der Waals surface area contributed by atoms with E-state index < -0.39 is 12.1 Å². The van der Waals surface area contributed by atoms with Crippen molar-refractivity contribution in [2.45, 2.75) is 32.3 Å². The molecule has 2 N–H and O–H groups in total. The number of carboxylic acids is 1. The largest absolute Gasteiger partial charge is 0.478 e. The van der Waals surface area contributed by atoms with Gasteiger partial charge in [-0.3, -0.25) is 0 Å². The second kappa shape index (κ2) is 8.39. The van der Waals surface area contributed by atoms with Gasteiger partial charge in [0.25, 0.3) is 0 Å². The van der Waals surface area contributed by atoms with Gasteiger partial charge >= 0.3 is 5.97 Å². The molecule has 83 valence electrons. The zero-order valence-electron chi connectivity index (χ0n) is 9.81. The number of hydrogen-bond acceptors (Lipinski definition) is 2. The predicted octanol–water partition coefficient (Wildman–Crippen LogP) is 2.23. The standard InChI is InChI=1S/C12H16O3.K/c1-2-3-8-11(13)9-6-4-5-7-10(9)12(14)15;/h4-7,11,13H,2-3,8H2,1H3,(H,14,15);. The molecule has 0 aromatic heterocycles. The molecule has 3 nitrogen and oxygen atoms in total. The van der Waals surface area contributed by atoms with Gasteiger partial charge in [-0.1, -0.05) is 38.0 Å². The van der Waals surface area contributed by atoms with Crippen LogP contribution in [0.1, 0.15) is 48.2 Å². The minimum Gasteiger partial charge on any atom is -0.478 e. The van der Waals surface area contributed by atoms with E-state index in [-0.39, 0.29) is 56.9 Å². The van der Waals surface area contributed by atoms with Gasteiger partial charge in [0.15, 0.2) is 0 Å². The van der Waals surface area contributed by atoms with Gasteiger partial charge in [-0.05, 0) is 18.1 Å². The summed E-state index contributed by atoms with van der Waals surface area (Å²) in [6, 6.07) is 6.60. The monoisotopic (exact) mass is 247 g/mol. The van der Waals surface area contributed by atoms with Gasteiger partial charge in [0, 0.05) is 51.4 Å². The summed E-state index contributed by atoms with van der Waals surface area (Å²) in [5.41, 5.74) is 0.708. The molecule has 1 atom stereocenters. The summed E-state index contributed by atoms with van der Waals surface area (Å²) in [5, 5.41) is 18.7. The van der Waals surface area contributed by atoms with Crippen LogP contribution in [-0.4, -0.2) is 67.6 Å². The Morgan fingerprint density at radius 1 is 1.38 bits per heavy atom. The van der Waals surface area contributed by atoms with Crippen molar-refractivity contribution in [2.24, 2.45) is 0 Å². The van der Waals surface area contributed by atoms with Gasteiger partial charge in [-0.15, -0.1) is 0 Å². The van der Waals surface area contributed by atoms with Crippen LogP contribution in [-0.2, 0) is 0 Å². The Balaban J connectivity index is 0.00000225. The maximum Gasteiger partial charge on any atom is 0.336 e. The van der Waals surface area contributed by atoms with Crippen LogP contribution >= 0.6 is 0 Å². The van der Waals surface area contributed by atoms with Crippen molar-refractivity contribution in [3.05, 3.63) is 35.4 Å². The molecule has 16 heavy (non-hydrogen) atoms. The third-order valence-electron chi connectivity index (χ3n) is 2.38. The quantitative estimate of drug-likeness (QED) is 0.784. The maximum absolute atomic E-state index is 10.9. The Morgan fingerprint density at radius 3 is 2.56 bits per heavy atom. The molecular weight excluding hydrogens is 231 g/mol. The normalized spacial score (nSPS) is 11.6. The summed E-state index contributed by atoms with van der Waals surface area (Å²) in [6.45, 7) is 2.04. The van der Waals surface area contributed by atoms with E-state index in [4.69, 9.17) is 5.11 Å². The molecular formula is C12H16KO3. The molecule has 0 saturated carbocycles. The zero-order chi connectivity index (χ0) is 11.3. The van der Waals surface area contributed by atoms with Crippen molar-refractivity contribution in [3.63, 3.8) is 0 Å². The van der Waals surface area contributed by atoms with Crippen LogP contribution in [0.2, 0.25) is 0 Å². The Kier molecular flexibility index (Phi) is 8.54. The van der Waals surface area contributed by atoms with Gasteiger partial charge in [-0.25, -0.2) is 4.79 Å². The number of carbonyl (C=O) groups is 1. The molecule has 0 aliphatic carbocycles. The fourth-order valence-corrected chi connectivity index (χ4v) is 1.54. The minimum absolute atomic E-state index is 0. The van der Waals surface area contributed by atoms with Crippen LogP contribution in [0, 0.1) is 0 Å². The van der Waals surface area contributed by atoms with E-state index in [9.17, 15) is 9.90 Å². The van der Waals surface area contributed by atoms with Crippen molar-refractivity contribution < 1.29 is 15.0 Å². The van der Waals surface area contributed by atoms with Crippen LogP contribution in [0.4, 0.5) is 0 Å². The summed E-state index contributed by atoms with van der Waals surface area (Å²) in [7, 11) is 0. The first-order chi connectivity index (χ1) is 7.16. The van der Waals surface area contributed by atoms with Crippen molar-refractivity contribution in [2.75, 3.05) is 0 Å². The van der Waals surface area contributed by atoms with Crippen molar-refractivity contribution in [1.82, 2.24) is 0 Å². The molecule has 1 radical (unpaired) electrons. The SMILES string of the molecule is CCCCC(O)c1ccccc1C(=O)O.[K]. The third-order valence-corrected chi connectivity index (χ3v) is 2.38. The van der Waals surface area contributed by atoms with Crippen molar-refractivity contribution in [1.29, 1.82) is 0 Å². The summed E-state index contributed by atoms with van der Waals surface area (Å²) in [6.07, 6.45) is 1.83. The fraction of sp³-hybridized carbons (Fsp3) is 0.417. The summed E-state index contributed by atoms with van der Waals surface area (Å²) in [5.74, 6) is -0.985. The van der Waals surface area contributed by atoms with Crippen LogP contribution in [0.3, 0.4) is 0 Å². The van der Waals surface area contributed by atoms with Crippen LogP contribution in [0.5, 0.6) is 0 Å². The Morgan fingerprint density at radius 2 is 2.00 bits per heavy atom. The number of unbranched alkanes of at least 4 members (excludes halogenated alkanes) is 1. The molecule has 0 heterocycles.